The monoisotopic (exact) mass is 424 g/mol. The second kappa shape index (κ2) is 7.77. The van der Waals surface area contributed by atoms with E-state index in [4.69, 9.17) is 11.6 Å². The molecular formula is C21H17ClN4O2S. The highest BCUT2D eigenvalue weighted by Gasteiger charge is 2.18. The number of benzene rings is 2. The van der Waals surface area contributed by atoms with Crippen molar-refractivity contribution >= 4 is 44.7 Å². The summed E-state index contributed by atoms with van der Waals surface area (Å²) in [6.07, 6.45) is 0. The van der Waals surface area contributed by atoms with Crippen molar-refractivity contribution in [3.63, 3.8) is 0 Å². The number of halogens is 1. The molecule has 0 aliphatic carbocycles. The minimum Gasteiger partial charge on any atom is -0.324 e. The molecule has 0 radical (unpaired) electrons. The first-order valence-corrected chi connectivity index (χ1v) is 10.1. The summed E-state index contributed by atoms with van der Waals surface area (Å²) in [5, 5.41) is 8.57. The average molecular weight is 425 g/mol. The molecule has 2 aromatic carbocycles. The molecule has 0 fully saturated rings. The number of carbonyl (C=O) groups excluding carboxylic acids is 1. The SMILES string of the molecule is Cc1nc2c(=O)n(CC(=O)Nc3ccc(C)c(Cl)c3)nc(-c3ccccc3)c2s1. The molecule has 0 spiro atoms. The number of aryl methyl sites for hydroxylation is 2. The second-order valence-corrected chi connectivity index (χ2v) is 8.21. The molecule has 146 valence electrons. The first-order chi connectivity index (χ1) is 13.9. The topological polar surface area (TPSA) is 76.9 Å². The largest absolute Gasteiger partial charge is 0.324 e. The number of fused-ring (bicyclic) bond motifs is 1. The van der Waals surface area contributed by atoms with Crippen molar-refractivity contribution < 1.29 is 4.79 Å². The summed E-state index contributed by atoms with van der Waals surface area (Å²) < 4.78 is 1.88. The van der Waals surface area contributed by atoms with Gasteiger partial charge in [0.15, 0.2) is 5.52 Å². The van der Waals surface area contributed by atoms with Gasteiger partial charge in [0, 0.05) is 16.3 Å². The van der Waals surface area contributed by atoms with E-state index in [0.29, 0.717) is 21.9 Å². The molecule has 0 aliphatic rings. The minimum absolute atomic E-state index is 0.226. The number of carbonyl (C=O) groups is 1. The summed E-state index contributed by atoms with van der Waals surface area (Å²) in [6.45, 7) is 3.50. The maximum atomic E-state index is 12.9. The number of thiazole rings is 1. The lowest BCUT2D eigenvalue weighted by Gasteiger charge is -2.10. The lowest BCUT2D eigenvalue weighted by atomic mass is 10.1. The highest BCUT2D eigenvalue weighted by molar-refractivity contribution is 7.19. The van der Waals surface area contributed by atoms with E-state index in [1.54, 1.807) is 12.1 Å². The van der Waals surface area contributed by atoms with Crippen molar-refractivity contribution in [3.05, 3.63) is 74.5 Å². The van der Waals surface area contributed by atoms with Gasteiger partial charge in [-0.2, -0.15) is 5.10 Å². The molecule has 0 saturated carbocycles. The van der Waals surface area contributed by atoms with Crippen LogP contribution in [0, 0.1) is 13.8 Å². The van der Waals surface area contributed by atoms with Gasteiger partial charge in [-0.05, 0) is 31.5 Å². The maximum absolute atomic E-state index is 12.9. The van der Waals surface area contributed by atoms with Crippen molar-refractivity contribution in [3.8, 4) is 11.3 Å². The molecule has 0 unspecified atom stereocenters. The van der Waals surface area contributed by atoms with Gasteiger partial charge in [-0.25, -0.2) is 9.67 Å². The highest BCUT2D eigenvalue weighted by Crippen LogP contribution is 2.29. The Morgan fingerprint density at radius 1 is 1.17 bits per heavy atom. The van der Waals surface area contributed by atoms with E-state index >= 15 is 0 Å². The molecule has 1 amide bonds. The van der Waals surface area contributed by atoms with E-state index in [1.807, 2.05) is 50.2 Å². The van der Waals surface area contributed by atoms with Crippen LogP contribution in [0.2, 0.25) is 5.02 Å². The van der Waals surface area contributed by atoms with Gasteiger partial charge in [0.1, 0.15) is 12.2 Å². The zero-order chi connectivity index (χ0) is 20.5. The number of nitrogens with one attached hydrogen (secondary N) is 1. The first-order valence-electron chi connectivity index (χ1n) is 8.92. The molecule has 0 aliphatic heterocycles. The molecule has 4 rings (SSSR count). The van der Waals surface area contributed by atoms with Crippen molar-refractivity contribution in [1.29, 1.82) is 0 Å². The third-order valence-corrected chi connectivity index (χ3v) is 5.79. The zero-order valence-electron chi connectivity index (χ0n) is 15.8. The maximum Gasteiger partial charge on any atom is 0.294 e. The predicted octanol–water partition coefficient (Wildman–Crippen LogP) is 4.43. The van der Waals surface area contributed by atoms with E-state index < -0.39 is 0 Å². The summed E-state index contributed by atoms with van der Waals surface area (Å²) in [5.41, 5.74) is 2.91. The fourth-order valence-electron chi connectivity index (χ4n) is 2.97. The number of aromatic nitrogens is 3. The van der Waals surface area contributed by atoms with Crippen LogP contribution in [0.25, 0.3) is 21.5 Å². The molecule has 0 bridgehead atoms. The molecule has 8 heteroatoms. The quantitative estimate of drug-likeness (QED) is 0.525. The third kappa shape index (κ3) is 3.92. The van der Waals surface area contributed by atoms with Gasteiger partial charge in [0.05, 0.1) is 9.71 Å². The van der Waals surface area contributed by atoms with Crippen molar-refractivity contribution in [2.45, 2.75) is 20.4 Å². The number of amides is 1. The van der Waals surface area contributed by atoms with E-state index in [-0.39, 0.29) is 18.0 Å². The van der Waals surface area contributed by atoms with Gasteiger partial charge in [-0.15, -0.1) is 11.3 Å². The second-order valence-electron chi connectivity index (χ2n) is 6.60. The van der Waals surface area contributed by atoms with Crippen molar-refractivity contribution in [2.24, 2.45) is 0 Å². The predicted molar refractivity (Wildman–Crippen MR) is 117 cm³/mol. The number of hydrogen-bond acceptors (Lipinski definition) is 5. The van der Waals surface area contributed by atoms with Gasteiger partial charge in [0.2, 0.25) is 5.91 Å². The molecule has 1 N–H and O–H groups in total. The Morgan fingerprint density at radius 3 is 2.66 bits per heavy atom. The summed E-state index contributed by atoms with van der Waals surface area (Å²) in [4.78, 5) is 29.8. The summed E-state index contributed by atoms with van der Waals surface area (Å²) in [6, 6.07) is 14.8. The Kier molecular flexibility index (Phi) is 5.17. The van der Waals surface area contributed by atoms with Gasteiger partial charge in [-0.3, -0.25) is 9.59 Å². The Labute approximate surface area is 175 Å². The summed E-state index contributed by atoms with van der Waals surface area (Å²) in [7, 11) is 0. The lowest BCUT2D eigenvalue weighted by molar-refractivity contribution is -0.117. The number of hydrogen-bond donors (Lipinski definition) is 1. The van der Waals surface area contributed by atoms with Gasteiger partial charge in [0.25, 0.3) is 5.56 Å². The zero-order valence-corrected chi connectivity index (χ0v) is 17.3. The van der Waals surface area contributed by atoms with Crippen molar-refractivity contribution in [2.75, 3.05) is 5.32 Å². The average Bonchev–Trinajstić information content (AvgIpc) is 3.09. The van der Waals surface area contributed by atoms with Crippen LogP contribution in [-0.4, -0.2) is 20.7 Å². The normalized spacial score (nSPS) is 11.0. The molecule has 0 saturated heterocycles. The van der Waals surface area contributed by atoms with Crippen LogP contribution in [0.15, 0.2) is 53.3 Å². The van der Waals surface area contributed by atoms with E-state index in [9.17, 15) is 9.59 Å². The van der Waals surface area contributed by atoms with Crippen LogP contribution in [0.1, 0.15) is 10.6 Å². The Balaban J connectivity index is 1.71. The minimum atomic E-state index is -0.388. The number of anilines is 1. The summed E-state index contributed by atoms with van der Waals surface area (Å²) in [5.74, 6) is -0.371. The Hall–Kier alpha value is -3.03. The van der Waals surface area contributed by atoms with Crippen LogP contribution in [-0.2, 0) is 11.3 Å². The van der Waals surface area contributed by atoms with Crippen LogP contribution in [0.3, 0.4) is 0 Å². The van der Waals surface area contributed by atoms with Gasteiger partial charge >= 0.3 is 0 Å². The van der Waals surface area contributed by atoms with Crippen LogP contribution in [0.5, 0.6) is 0 Å². The molecule has 6 nitrogen and oxygen atoms in total. The number of nitrogens with zero attached hydrogens (tertiary/aromatic N) is 3. The van der Waals surface area contributed by atoms with Crippen LogP contribution in [0.4, 0.5) is 5.69 Å². The van der Waals surface area contributed by atoms with E-state index in [2.05, 4.69) is 15.4 Å². The van der Waals surface area contributed by atoms with Crippen LogP contribution >= 0.6 is 22.9 Å². The molecule has 0 atom stereocenters. The van der Waals surface area contributed by atoms with Crippen molar-refractivity contribution in [1.82, 2.24) is 14.8 Å². The van der Waals surface area contributed by atoms with E-state index in [1.165, 1.54) is 11.3 Å². The van der Waals surface area contributed by atoms with Gasteiger partial charge in [-0.1, -0.05) is 48.0 Å². The lowest BCUT2D eigenvalue weighted by Crippen LogP contribution is -2.30. The van der Waals surface area contributed by atoms with Gasteiger partial charge < -0.3 is 5.32 Å². The molecule has 29 heavy (non-hydrogen) atoms. The molecular weight excluding hydrogens is 408 g/mol. The molecule has 4 aromatic rings. The smallest absolute Gasteiger partial charge is 0.294 e. The first kappa shape index (κ1) is 19.3. The standard InChI is InChI=1S/C21H17ClN4O2S/c1-12-8-9-15(10-16(12)22)24-17(27)11-26-21(28)19-20(29-13(2)23-19)18(25-26)14-6-4-3-5-7-14/h3-10H,11H2,1-2H3,(H,24,27). The highest BCUT2D eigenvalue weighted by atomic mass is 35.5. The van der Waals surface area contributed by atoms with Crippen LogP contribution < -0.4 is 10.9 Å². The fourth-order valence-corrected chi connectivity index (χ4v) is 4.06. The molecule has 2 aromatic heterocycles. The molecule has 2 heterocycles. The third-order valence-electron chi connectivity index (χ3n) is 4.40. The Morgan fingerprint density at radius 2 is 1.93 bits per heavy atom. The number of rotatable bonds is 4. The van der Waals surface area contributed by atoms with E-state index in [0.717, 1.165) is 25.5 Å². The fraction of sp³-hybridized carbons (Fsp3) is 0.143. The Bertz CT molecular complexity index is 1280. The summed E-state index contributed by atoms with van der Waals surface area (Å²) >= 11 is 7.53.